The Kier molecular flexibility index (Phi) is 4.37. The van der Waals surface area contributed by atoms with Crippen molar-refractivity contribution >= 4 is 17.3 Å². The molecule has 1 atom stereocenters. The number of hydrogen-bond acceptors (Lipinski definition) is 5. The van der Waals surface area contributed by atoms with E-state index in [0.717, 1.165) is 17.9 Å². The molecule has 0 spiro atoms. The first-order valence-corrected chi connectivity index (χ1v) is 7.00. The zero-order valence-corrected chi connectivity index (χ0v) is 12.3. The second-order valence-corrected chi connectivity index (χ2v) is 5.29. The van der Waals surface area contributed by atoms with Crippen LogP contribution in [-0.4, -0.2) is 31.3 Å². The van der Waals surface area contributed by atoms with Crippen LogP contribution >= 0.6 is 0 Å². The van der Waals surface area contributed by atoms with Crippen LogP contribution in [0.1, 0.15) is 27.2 Å². The van der Waals surface area contributed by atoms with E-state index in [1.165, 1.54) is 0 Å². The maximum Gasteiger partial charge on any atom is 0.325 e. The number of ether oxygens (including phenoxy) is 2. The maximum absolute atomic E-state index is 11.9. The van der Waals surface area contributed by atoms with Crippen molar-refractivity contribution in [3.05, 3.63) is 18.2 Å². The van der Waals surface area contributed by atoms with Crippen LogP contribution in [0.2, 0.25) is 0 Å². The van der Waals surface area contributed by atoms with Gasteiger partial charge in [0.2, 0.25) is 0 Å². The molecule has 1 aliphatic rings. The zero-order valence-electron chi connectivity index (χ0n) is 12.3. The summed E-state index contributed by atoms with van der Waals surface area (Å²) in [7, 11) is 0. The Hall–Kier alpha value is -1.91. The van der Waals surface area contributed by atoms with Crippen LogP contribution < -0.4 is 15.4 Å². The molecule has 2 rings (SSSR count). The first kappa shape index (κ1) is 14.5. The van der Waals surface area contributed by atoms with Gasteiger partial charge in [-0.05, 0) is 38.5 Å². The number of benzene rings is 1. The van der Waals surface area contributed by atoms with Crippen molar-refractivity contribution in [3.63, 3.8) is 0 Å². The van der Waals surface area contributed by atoms with Gasteiger partial charge in [-0.25, -0.2) is 0 Å². The topological polar surface area (TPSA) is 64.8 Å². The van der Waals surface area contributed by atoms with Gasteiger partial charge in [0, 0.05) is 5.69 Å². The minimum absolute atomic E-state index is 0.0815. The largest absolute Gasteiger partial charge is 0.486 e. The van der Waals surface area contributed by atoms with E-state index in [2.05, 4.69) is 6.92 Å². The second kappa shape index (κ2) is 6.03. The summed E-state index contributed by atoms with van der Waals surface area (Å²) in [4.78, 5) is 13.9. The van der Waals surface area contributed by atoms with E-state index in [1.54, 1.807) is 0 Å². The molecule has 0 saturated carbocycles. The van der Waals surface area contributed by atoms with E-state index in [9.17, 15) is 4.79 Å². The van der Waals surface area contributed by atoms with Gasteiger partial charge in [-0.3, -0.25) is 4.79 Å². The molecule has 1 aliphatic heterocycles. The van der Waals surface area contributed by atoms with Crippen LogP contribution in [0.3, 0.4) is 0 Å². The third kappa shape index (κ3) is 3.35. The fraction of sp³-hybridized carbons (Fsp3) is 0.533. The molecular formula is C15H22N2O3. The second-order valence-electron chi connectivity index (χ2n) is 5.29. The molecule has 0 aliphatic carbocycles. The van der Waals surface area contributed by atoms with Crippen LogP contribution in [0.4, 0.5) is 11.4 Å². The van der Waals surface area contributed by atoms with E-state index < -0.39 is 0 Å². The van der Waals surface area contributed by atoms with E-state index in [0.29, 0.717) is 12.2 Å². The molecule has 5 nitrogen and oxygen atoms in total. The van der Waals surface area contributed by atoms with Crippen molar-refractivity contribution < 1.29 is 14.3 Å². The summed E-state index contributed by atoms with van der Waals surface area (Å²) in [5.41, 5.74) is 7.34. The third-order valence-electron chi connectivity index (χ3n) is 3.18. The minimum Gasteiger partial charge on any atom is -0.486 e. The number of carbonyl (C=O) groups excluding carboxylic acids is 1. The van der Waals surface area contributed by atoms with Crippen LogP contribution in [0.15, 0.2) is 18.2 Å². The SMILES string of the molecule is CCC1CN(CC(=O)OC(C)C)c2cc(N)ccc2O1. The minimum atomic E-state index is -0.231. The van der Waals surface area contributed by atoms with E-state index >= 15 is 0 Å². The fourth-order valence-corrected chi connectivity index (χ4v) is 2.26. The number of nitrogens with two attached hydrogens (primary N) is 1. The Balaban J connectivity index is 2.19. The predicted octanol–water partition coefficient (Wildman–Crippen LogP) is 2.20. The van der Waals surface area contributed by atoms with Crippen molar-refractivity contribution in [1.29, 1.82) is 0 Å². The molecule has 20 heavy (non-hydrogen) atoms. The lowest BCUT2D eigenvalue weighted by molar-refractivity contribution is -0.145. The molecular weight excluding hydrogens is 256 g/mol. The van der Waals surface area contributed by atoms with Gasteiger partial charge >= 0.3 is 5.97 Å². The van der Waals surface area contributed by atoms with Gasteiger partial charge in [0.15, 0.2) is 0 Å². The van der Waals surface area contributed by atoms with Crippen molar-refractivity contribution in [2.45, 2.75) is 39.4 Å². The normalized spacial score (nSPS) is 17.6. The highest BCUT2D eigenvalue weighted by atomic mass is 16.5. The Bertz CT molecular complexity index is 488. The number of anilines is 2. The van der Waals surface area contributed by atoms with Gasteiger partial charge in [0.1, 0.15) is 18.4 Å². The molecule has 1 heterocycles. The number of fused-ring (bicyclic) bond motifs is 1. The lowest BCUT2D eigenvalue weighted by atomic mass is 10.1. The predicted molar refractivity (Wildman–Crippen MR) is 79.0 cm³/mol. The highest BCUT2D eigenvalue weighted by Gasteiger charge is 2.26. The zero-order chi connectivity index (χ0) is 14.7. The van der Waals surface area contributed by atoms with Crippen LogP contribution in [-0.2, 0) is 9.53 Å². The molecule has 1 unspecified atom stereocenters. The summed E-state index contributed by atoms with van der Waals surface area (Å²) < 4.78 is 11.1. The number of hydrogen-bond donors (Lipinski definition) is 1. The summed E-state index contributed by atoms with van der Waals surface area (Å²) in [6.07, 6.45) is 0.864. The molecule has 0 amide bonds. The van der Waals surface area contributed by atoms with Gasteiger partial charge < -0.3 is 20.1 Å². The number of rotatable bonds is 4. The van der Waals surface area contributed by atoms with Gasteiger partial charge in [-0.2, -0.15) is 0 Å². The smallest absolute Gasteiger partial charge is 0.325 e. The van der Waals surface area contributed by atoms with Crippen molar-refractivity contribution in [2.75, 3.05) is 23.7 Å². The maximum atomic E-state index is 11.9. The molecule has 2 N–H and O–H groups in total. The van der Waals surface area contributed by atoms with E-state index in [4.69, 9.17) is 15.2 Å². The summed E-state index contributed by atoms with van der Waals surface area (Å²) >= 11 is 0. The number of esters is 1. The molecule has 0 saturated heterocycles. The van der Waals surface area contributed by atoms with Gasteiger partial charge in [-0.15, -0.1) is 0 Å². The molecule has 0 fully saturated rings. The lowest BCUT2D eigenvalue weighted by Crippen LogP contribution is -2.43. The molecule has 1 aromatic rings. The Morgan fingerprint density at radius 1 is 1.55 bits per heavy atom. The van der Waals surface area contributed by atoms with E-state index in [-0.39, 0.29) is 24.7 Å². The monoisotopic (exact) mass is 278 g/mol. The van der Waals surface area contributed by atoms with Crippen LogP contribution in [0.25, 0.3) is 0 Å². The standard InChI is InChI=1S/C15H22N2O3/c1-4-12-8-17(9-15(18)19-10(2)3)13-7-11(16)5-6-14(13)20-12/h5-7,10,12H,4,8-9,16H2,1-3H3. The molecule has 1 aromatic carbocycles. The van der Waals surface area contributed by atoms with Crippen molar-refractivity contribution in [3.8, 4) is 5.75 Å². The highest BCUT2D eigenvalue weighted by Crippen LogP contribution is 2.35. The van der Waals surface area contributed by atoms with Crippen molar-refractivity contribution in [1.82, 2.24) is 0 Å². The number of carbonyl (C=O) groups is 1. The molecule has 0 bridgehead atoms. The van der Waals surface area contributed by atoms with Gasteiger partial charge in [-0.1, -0.05) is 6.92 Å². The Morgan fingerprint density at radius 2 is 2.30 bits per heavy atom. The first-order chi connectivity index (χ1) is 9.49. The Morgan fingerprint density at radius 3 is 2.95 bits per heavy atom. The molecule has 5 heteroatoms. The summed E-state index contributed by atoms with van der Waals surface area (Å²) in [5.74, 6) is 0.541. The van der Waals surface area contributed by atoms with Crippen LogP contribution in [0.5, 0.6) is 5.75 Å². The van der Waals surface area contributed by atoms with E-state index in [1.807, 2.05) is 36.9 Å². The Labute approximate surface area is 119 Å². The van der Waals surface area contributed by atoms with Crippen molar-refractivity contribution in [2.24, 2.45) is 0 Å². The fourth-order valence-electron chi connectivity index (χ4n) is 2.26. The van der Waals surface area contributed by atoms with Gasteiger partial charge in [0.05, 0.1) is 18.3 Å². The molecule has 110 valence electrons. The number of nitrogen functional groups attached to an aromatic ring is 1. The summed E-state index contributed by atoms with van der Waals surface area (Å²) in [6.45, 7) is 6.64. The molecule has 0 aromatic heterocycles. The lowest BCUT2D eigenvalue weighted by Gasteiger charge is -2.35. The van der Waals surface area contributed by atoms with Crippen LogP contribution in [0, 0.1) is 0 Å². The third-order valence-corrected chi connectivity index (χ3v) is 3.18. The average Bonchev–Trinajstić information content (AvgIpc) is 2.38. The average molecular weight is 278 g/mol. The quantitative estimate of drug-likeness (QED) is 0.675. The number of nitrogens with zero attached hydrogens (tertiary/aromatic N) is 1. The van der Waals surface area contributed by atoms with Gasteiger partial charge in [0.25, 0.3) is 0 Å². The highest BCUT2D eigenvalue weighted by molar-refractivity contribution is 5.78. The summed E-state index contributed by atoms with van der Waals surface area (Å²) in [6, 6.07) is 5.50. The molecule has 0 radical (unpaired) electrons. The summed E-state index contributed by atoms with van der Waals surface area (Å²) in [5, 5.41) is 0. The first-order valence-electron chi connectivity index (χ1n) is 7.00.